The molecule has 0 saturated heterocycles. The van der Waals surface area contributed by atoms with E-state index in [1.165, 1.54) is 0 Å². The molecule has 100 valence electrons. The molecule has 5 rings (SSSR count). The monoisotopic (exact) mass is 252 g/mol. The fourth-order valence-corrected chi connectivity index (χ4v) is 7.08. The van der Waals surface area contributed by atoms with Crippen LogP contribution in [0.1, 0.15) is 12.8 Å². The molecule has 0 heterocycles. The van der Waals surface area contributed by atoms with Crippen LogP contribution in [0.25, 0.3) is 0 Å². The molecule has 0 bridgehead atoms. The van der Waals surface area contributed by atoms with Crippen LogP contribution in [0.2, 0.25) is 0 Å². The summed E-state index contributed by atoms with van der Waals surface area (Å²) < 4.78 is 0. The first-order valence-electron chi connectivity index (χ1n) is 7.33. The molecule has 4 nitrogen and oxygen atoms in total. The van der Waals surface area contributed by atoms with E-state index < -0.39 is 24.4 Å². The number of fused-ring (bicyclic) bond motifs is 1. The van der Waals surface area contributed by atoms with Crippen LogP contribution >= 0.6 is 0 Å². The number of aliphatic hydroxyl groups is 4. The Morgan fingerprint density at radius 3 is 1.39 bits per heavy atom. The Labute approximate surface area is 106 Å². The minimum atomic E-state index is -0.683. The summed E-state index contributed by atoms with van der Waals surface area (Å²) in [4.78, 5) is 0. The summed E-state index contributed by atoms with van der Waals surface area (Å²) in [6.07, 6.45) is -0.529. The average Bonchev–Trinajstić information content (AvgIpc) is 3.05. The largest absolute Gasteiger partial charge is 0.390 e. The van der Waals surface area contributed by atoms with Gasteiger partial charge in [-0.1, -0.05) is 0 Å². The number of hydrogen-bond acceptors (Lipinski definition) is 4. The molecule has 0 amide bonds. The van der Waals surface area contributed by atoms with Crippen LogP contribution in [0.4, 0.5) is 0 Å². The number of rotatable bonds is 0. The summed E-state index contributed by atoms with van der Waals surface area (Å²) in [5.74, 6) is 2.52. The standard InChI is InChI=1S/C14H20O4/c15-11-4-1-3-2-5-8-6(3)7(4)9(13(11)17)10(8)14(18)12(5)16/h3-18H,1-2H2/t3?,4?,5?,6?,7?,8?,9?,10?,11-,12+,13?,14?. The van der Waals surface area contributed by atoms with Crippen LogP contribution in [0.3, 0.4) is 0 Å². The van der Waals surface area contributed by atoms with Crippen LogP contribution in [-0.2, 0) is 0 Å². The fourth-order valence-electron chi connectivity index (χ4n) is 7.08. The summed E-state index contributed by atoms with van der Waals surface area (Å²) >= 11 is 0. The maximum atomic E-state index is 10.3. The third kappa shape index (κ3) is 0.856. The Hall–Kier alpha value is -0.160. The first kappa shape index (κ1) is 10.6. The van der Waals surface area contributed by atoms with Gasteiger partial charge in [0, 0.05) is 0 Å². The van der Waals surface area contributed by atoms with Crippen molar-refractivity contribution in [1.29, 1.82) is 0 Å². The van der Waals surface area contributed by atoms with Crippen LogP contribution in [0.15, 0.2) is 0 Å². The van der Waals surface area contributed by atoms with Gasteiger partial charge in [0.1, 0.15) is 0 Å². The van der Waals surface area contributed by atoms with Crippen molar-refractivity contribution in [3.05, 3.63) is 0 Å². The Morgan fingerprint density at radius 1 is 0.500 bits per heavy atom. The molecule has 0 aromatic carbocycles. The van der Waals surface area contributed by atoms with Crippen molar-refractivity contribution in [3.8, 4) is 0 Å². The molecule has 0 aromatic heterocycles. The van der Waals surface area contributed by atoms with E-state index in [-0.39, 0.29) is 23.7 Å². The van der Waals surface area contributed by atoms with Gasteiger partial charge in [-0.25, -0.2) is 0 Å². The highest BCUT2D eigenvalue weighted by Crippen LogP contribution is 2.74. The van der Waals surface area contributed by atoms with Gasteiger partial charge in [0.25, 0.3) is 0 Å². The lowest BCUT2D eigenvalue weighted by Gasteiger charge is -2.25. The molecule has 0 aliphatic heterocycles. The summed E-state index contributed by atoms with van der Waals surface area (Å²) in [6, 6.07) is 0. The lowest BCUT2D eigenvalue weighted by Crippen LogP contribution is -2.37. The van der Waals surface area contributed by atoms with E-state index in [0.717, 1.165) is 12.8 Å². The number of aliphatic hydroxyl groups excluding tert-OH is 4. The molecule has 5 aliphatic rings. The fraction of sp³-hybridized carbons (Fsp3) is 1.00. The molecule has 5 aliphatic carbocycles. The minimum absolute atomic E-state index is 0.0277. The Morgan fingerprint density at radius 2 is 0.944 bits per heavy atom. The summed E-state index contributed by atoms with van der Waals surface area (Å²) in [7, 11) is 0. The van der Waals surface area contributed by atoms with Crippen LogP contribution in [-0.4, -0.2) is 44.8 Å². The van der Waals surface area contributed by atoms with Crippen molar-refractivity contribution in [2.75, 3.05) is 0 Å². The normalized spacial score (nSPS) is 75.3. The first-order valence-corrected chi connectivity index (χ1v) is 7.33. The molecule has 12 atom stereocenters. The zero-order valence-electron chi connectivity index (χ0n) is 10.1. The van der Waals surface area contributed by atoms with Gasteiger partial charge in [-0.05, 0) is 60.2 Å². The van der Waals surface area contributed by atoms with Gasteiger partial charge in [0.15, 0.2) is 0 Å². The minimum Gasteiger partial charge on any atom is -0.390 e. The second-order valence-electron chi connectivity index (χ2n) is 7.41. The highest BCUT2D eigenvalue weighted by atomic mass is 16.3. The van der Waals surface area contributed by atoms with Crippen molar-refractivity contribution in [2.24, 2.45) is 47.3 Å². The van der Waals surface area contributed by atoms with Crippen molar-refractivity contribution in [2.45, 2.75) is 37.3 Å². The van der Waals surface area contributed by atoms with E-state index in [2.05, 4.69) is 0 Å². The van der Waals surface area contributed by atoms with Crippen molar-refractivity contribution in [1.82, 2.24) is 0 Å². The topological polar surface area (TPSA) is 80.9 Å². The molecule has 0 aromatic rings. The van der Waals surface area contributed by atoms with Gasteiger partial charge in [-0.15, -0.1) is 0 Å². The highest BCUT2D eigenvalue weighted by molar-refractivity contribution is 5.23. The second kappa shape index (κ2) is 2.95. The van der Waals surface area contributed by atoms with E-state index in [9.17, 15) is 20.4 Å². The molecule has 0 spiro atoms. The first-order chi connectivity index (χ1) is 8.61. The van der Waals surface area contributed by atoms with Crippen LogP contribution in [0, 0.1) is 47.3 Å². The van der Waals surface area contributed by atoms with Crippen molar-refractivity contribution in [3.63, 3.8) is 0 Å². The molecule has 18 heavy (non-hydrogen) atoms. The quantitative estimate of drug-likeness (QED) is 0.455. The van der Waals surface area contributed by atoms with E-state index in [4.69, 9.17) is 0 Å². The Balaban J connectivity index is 1.66. The van der Waals surface area contributed by atoms with Crippen molar-refractivity contribution >= 4 is 0 Å². The molecule has 0 radical (unpaired) electrons. The van der Waals surface area contributed by atoms with Gasteiger partial charge in [0.05, 0.1) is 24.4 Å². The van der Waals surface area contributed by atoms with E-state index in [0.29, 0.717) is 23.7 Å². The zero-order chi connectivity index (χ0) is 12.3. The molecular weight excluding hydrogens is 232 g/mol. The van der Waals surface area contributed by atoms with E-state index in [1.54, 1.807) is 0 Å². The second-order valence-corrected chi connectivity index (χ2v) is 7.41. The maximum absolute atomic E-state index is 10.3. The van der Waals surface area contributed by atoms with Gasteiger partial charge in [0.2, 0.25) is 0 Å². The smallest absolute Gasteiger partial charge is 0.0836 e. The molecule has 4 heteroatoms. The summed E-state index contributed by atoms with van der Waals surface area (Å²) in [5.41, 5.74) is 0. The third-order valence-corrected chi connectivity index (χ3v) is 7.27. The summed E-state index contributed by atoms with van der Waals surface area (Å²) in [5, 5.41) is 41.0. The van der Waals surface area contributed by atoms with Gasteiger partial charge in [-0.2, -0.15) is 0 Å². The van der Waals surface area contributed by atoms with E-state index in [1.807, 2.05) is 0 Å². The Bertz CT molecular complexity index is 377. The van der Waals surface area contributed by atoms with E-state index >= 15 is 0 Å². The SMILES string of the molecule is OC1C2C3C4C5C(CC(C52)[C@@H]1O)CC4[C@@H](O)C3O. The molecule has 5 saturated carbocycles. The van der Waals surface area contributed by atoms with Crippen LogP contribution in [0.5, 0.6) is 0 Å². The molecule has 5 fully saturated rings. The predicted octanol–water partition coefficient (Wildman–Crippen LogP) is -0.792. The predicted molar refractivity (Wildman–Crippen MR) is 61.2 cm³/mol. The average molecular weight is 252 g/mol. The van der Waals surface area contributed by atoms with Crippen LogP contribution < -0.4 is 0 Å². The summed E-state index contributed by atoms with van der Waals surface area (Å²) in [6.45, 7) is 0. The lowest BCUT2D eigenvalue weighted by molar-refractivity contribution is -0.0407. The lowest BCUT2D eigenvalue weighted by atomic mass is 9.85. The van der Waals surface area contributed by atoms with Gasteiger partial charge >= 0.3 is 0 Å². The highest BCUT2D eigenvalue weighted by Gasteiger charge is 2.75. The maximum Gasteiger partial charge on any atom is 0.0836 e. The molecular formula is C14H20O4. The zero-order valence-corrected chi connectivity index (χ0v) is 10.1. The number of hydrogen-bond donors (Lipinski definition) is 4. The Kier molecular flexibility index (Phi) is 1.74. The third-order valence-electron chi connectivity index (χ3n) is 7.27. The van der Waals surface area contributed by atoms with Crippen molar-refractivity contribution < 1.29 is 20.4 Å². The molecule has 4 N–H and O–H groups in total. The van der Waals surface area contributed by atoms with Gasteiger partial charge < -0.3 is 20.4 Å². The van der Waals surface area contributed by atoms with Gasteiger partial charge in [-0.3, -0.25) is 0 Å². The molecule has 10 unspecified atom stereocenters.